The normalized spacial score (nSPS) is 13.1. The number of hydrogen-bond donors (Lipinski definition) is 0. The van der Waals surface area contributed by atoms with Crippen molar-refractivity contribution in [3.8, 4) is 12.1 Å². The second-order valence-corrected chi connectivity index (χ2v) is 11.5. The Labute approximate surface area is 86.8 Å². The first kappa shape index (κ1) is 12.1. The largest absolute Gasteiger partial charge is 0.342 e. The van der Waals surface area contributed by atoms with Crippen LogP contribution in [0.5, 0.6) is 0 Å². The van der Waals surface area contributed by atoms with Crippen LogP contribution in [0.4, 0.5) is 0 Å². The second kappa shape index (κ2) is 5.67. The molecule has 6 heteroatoms. The lowest BCUT2D eigenvalue weighted by Gasteiger charge is -2.10. The van der Waals surface area contributed by atoms with Crippen LogP contribution in [-0.4, -0.2) is 6.00 Å². The van der Waals surface area contributed by atoms with Crippen LogP contribution in [0, 0.1) is 28.6 Å². The van der Waals surface area contributed by atoms with E-state index in [1.165, 1.54) is 0 Å². The average molecular weight is 242 g/mol. The third-order valence-corrected chi connectivity index (χ3v) is 3.61. The van der Waals surface area contributed by atoms with Gasteiger partial charge in [-0.25, -0.2) is 0 Å². The monoisotopic (exact) mass is 240 g/mol. The minimum atomic E-state index is -2.71. The van der Waals surface area contributed by atoms with Crippen LogP contribution in [0.25, 0.3) is 0 Å². The Morgan fingerprint density at radius 1 is 1.25 bits per heavy atom. The smallest absolute Gasteiger partial charge is 0.198 e. The van der Waals surface area contributed by atoms with Gasteiger partial charge in [0.15, 0.2) is 0 Å². The molecule has 0 aliphatic carbocycles. The van der Waals surface area contributed by atoms with Gasteiger partial charge in [0.1, 0.15) is 0 Å². The molecule has 2 nitrogen and oxygen atoms in total. The molecular formula is C6H7Cl3N2Si. The van der Waals surface area contributed by atoms with E-state index in [9.17, 15) is 0 Å². The van der Waals surface area contributed by atoms with Gasteiger partial charge in [-0.3, -0.25) is 0 Å². The fourth-order valence-corrected chi connectivity index (χ4v) is 3.26. The molecule has 0 bridgehead atoms. The topological polar surface area (TPSA) is 47.6 Å². The SMILES string of the molecule is N#CCCC(C#N)C[Si](Cl)(Cl)Cl. The van der Waals surface area contributed by atoms with Gasteiger partial charge in [-0.15, -0.1) is 33.2 Å². The van der Waals surface area contributed by atoms with Crippen LogP contribution in [0.2, 0.25) is 6.04 Å². The van der Waals surface area contributed by atoms with E-state index in [0.717, 1.165) is 0 Å². The molecule has 0 aromatic rings. The molecule has 0 amide bonds. The summed E-state index contributed by atoms with van der Waals surface area (Å²) in [5.41, 5.74) is 0. The molecule has 0 aliphatic rings. The predicted octanol–water partition coefficient (Wildman–Crippen LogP) is 3.09. The van der Waals surface area contributed by atoms with Crippen molar-refractivity contribution in [3.05, 3.63) is 0 Å². The zero-order chi connectivity index (χ0) is 9.61. The summed E-state index contributed by atoms with van der Waals surface area (Å²) in [6.07, 6.45) is 0.835. The van der Waals surface area contributed by atoms with Gasteiger partial charge in [0.25, 0.3) is 0 Å². The maximum atomic E-state index is 8.60. The van der Waals surface area contributed by atoms with Gasteiger partial charge in [0, 0.05) is 12.3 Å². The van der Waals surface area contributed by atoms with Crippen LogP contribution >= 0.6 is 33.2 Å². The van der Waals surface area contributed by atoms with Gasteiger partial charge >= 0.3 is 6.00 Å². The molecule has 0 spiro atoms. The average Bonchev–Trinajstić information content (AvgIpc) is 1.95. The van der Waals surface area contributed by atoms with Gasteiger partial charge < -0.3 is 0 Å². The molecule has 1 unspecified atom stereocenters. The summed E-state index contributed by atoms with van der Waals surface area (Å²) in [6.45, 7) is 0. The van der Waals surface area contributed by atoms with E-state index in [2.05, 4.69) is 0 Å². The first-order chi connectivity index (χ1) is 5.49. The van der Waals surface area contributed by atoms with Crippen molar-refractivity contribution >= 4 is 39.2 Å². The highest BCUT2D eigenvalue weighted by Crippen LogP contribution is 2.30. The molecule has 0 rings (SSSR count). The highest BCUT2D eigenvalue weighted by molar-refractivity contribution is 7.64. The van der Waals surface area contributed by atoms with Crippen LogP contribution in [0.3, 0.4) is 0 Å². The Morgan fingerprint density at radius 2 is 1.83 bits per heavy atom. The molecule has 0 aliphatic heterocycles. The summed E-state index contributed by atoms with van der Waals surface area (Å²) in [7, 11) is 0. The third-order valence-electron chi connectivity index (χ3n) is 1.27. The standard InChI is InChI=1S/C6H7Cl3N2Si/c7-12(8,9)5-6(4-11)2-1-3-10/h6H,1-2,5H2. The van der Waals surface area contributed by atoms with Crippen molar-refractivity contribution < 1.29 is 0 Å². The van der Waals surface area contributed by atoms with Crippen LogP contribution in [0.15, 0.2) is 0 Å². The molecule has 0 aromatic heterocycles. The molecule has 1 atom stereocenters. The Balaban J connectivity index is 3.88. The molecule has 0 saturated heterocycles. The van der Waals surface area contributed by atoms with Gasteiger partial charge in [-0.2, -0.15) is 10.5 Å². The highest BCUT2D eigenvalue weighted by Gasteiger charge is 2.29. The second-order valence-electron chi connectivity index (χ2n) is 2.34. The van der Waals surface area contributed by atoms with Crippen molar-refractivity contribution in [1.82, 2.24) is 0 Å². The predicted molar refractivity (Wildman–Crippen MR) is 52.1 cm³/mol. The molecule has 0 fully saturated rings. The van der Waals surface area contributed by atoms with Crippen molar-refractivity contribution in [1.29, 1.82) is 10.5 Å². The highest BCUT2D eigenvalue weighted by atomic mass is 35.8. The Bertz CT molecular complexity index is 212. The van der Waals surface area contributed by atoms with E-state index >= 15 is 0 Å². The van der Waals surface area contributed by atoms with Crippen molar-refractivity contribution in [3.63, 3.8) is 0 Å². The van der Waals surface area contributed by atoms with E-state index in [-0.39, 0.29) is 5.92 Å². The van der Waals surface area contributed by atoms with E-state index < -0.39 is 6.00 Å². The van der Waals surface area contributed by atoms with Crippen LogP contribution < -0.4 is 0 Å². The van der Waals surface area contributed by atoms with Crippen molar-refractivity contribution in [2.24, 2.45) is 5.92 Å². The summed E-state index contributed by atoms with van der Waals surface area (Å²) in [5, 5.41) is 16.9. The quantitative estimate of drug-likeness (QED) is 0.561. The van der Waals surface area contributed by atoms with Crippen molar-refractivity contribution in [2.45, 2.75) is 18.9 Å². The molecule has 0 saturated carbocycles. The summed E-state index contributed by atoms with van der Waals surface area (Å²) in [6, 6.07) is 1.59. The lowest BCUT2D eigenvalue weighted by Crippen LogP contribution is -2.14. The van der Waals surface area contributed by atoms with Gasteiger partial charge in [0.2, 0.25) is 0 Å². The summed E-state index contributed by atoms with van der Waals surface area (Å²) >= 11 is 16.9. The zero-order valence-electron chi connectivity index (χ0n) is 6.23. The molecule has 0 aromatic carbocycles. The summed E-state index contributed by atoms with van der Waals surface area (Å²) < 4.78 is 0. The van der Waals surface area contributed by atoms with Gasteiger partial charge in [0.05, 0.1) is 12.1 Å². The first-order valence-electron chi connectivity index (χ1n) is 3.33. The number of nitrogens with zero attached hydrogens (tertiary/aromatic N) is 2. The maximum absolute atomic E-state index is 8.60. The lowest BCUT2D eigenvalue weighted by atomic mass is 10.1. The fraction of sp³-hybridized carbons (Fsp3) is 0.667. The van der Waals surface area contributed by atoms with Crippen LogP contribution in [-0.2, 0) is 0 Å². The molecular weight excluding hydrogens is 235 g/mol. The number of halogens is 3. The molecule has 0 N–H and O–H groups in total. The Hall–Kier alpha value is 0.0669. The molecule has 0 radical (unpaired) electrons. The minimum Gasteiger partial charge on any atom is -0.198 e. The zero-order valence-corrected chi connectivity index (χ0v) is 9.49. The minimum absolute atomic E-state index is 0.288. The lowest BCUT2D eigenvalue weighted by molar-refractivity contribution is 0.672. The summed E-state index contributed by atoms with van der Waals surface area (Å²) in [4.78, 5) is 0. The van der Waals surface area contributed by atoms with E-state index in [4.69, 9.17) is 43.8 Å². The van der Waals surface area contributed by atoms with E-state index in [1.54, 1.807) is 0 Å². The molecule has 66 valence electrons. The van der Waals surface area contributed by atoms with Crippen LogP contribution in [0.1, 0.15) is 12.8 Å². The van der Waals surface area contributed by atoms with E-state index in [1.807, 2.05) is 12.1 Å². The van der Waals surface area contributed by atoms with E-state index in [0.29, 0.717) is 18.9 Å². The number of hydrogen-bond acceptors (Lipinski definition) is 2. The van der Waals surface area contributed by atoms with Gasteiger partial charge in [-0.05, 0) is 12.5 Å². The Morgan fingerprint density at radius 3 is 2.17 bits per heavy atom. The first-order valence-corrected chi connectivity index (χ1v) is 8.57. The van der Waals surface area contributed by atoms with Crippen molar-refractivity contribution in [2.75, 3.05) is 0 Å². The number of nitriles is 2. The summed E-state index contributed by atoms with van der Waals surface area (Å²) in [5.74, 6) is -0.288. The number of rotatable bonds is 4. The Kier molecular flexibility index (Phi) is 5.70. The molecule has 12 heavy (non-hydrogen) atoms. The third kappa shape index (κ3) is 6.76. The maximum Gasteiger partial charge on any atom is 0.342 e. The fourth-order valence-electron chi connectivity index (χ4n) is 0.730. The molecule has 0 heterocycles. The van der Waals surface area contributed by atoms with Gasteiger partial charge in [-0.1, -0.05) is 0 Å².